The minimum absolute atomic E-state index is 0.0388. The number of carbonyl (C=O) groups excluding carboxylic acids is 1. The van der Waals surface area contributed by atoms with E-state index >= 15 is 0 Å². The van der Waals surface area contributed by atoms with Crippen LogP contribution in [0.5, 0.6) is 0 Å². The summed E-state index contributed by atoms with van der Waals surface area (Å²) in [6.45, 7) is 2.56. The lowest BCUT2D eigenvalue weighted by Gasteiger charge is -2.26. The van der Waals surface area contributed by atoms with Crippen molar-refractivity contribution in [3.63, 3.8) is 0 Å². The van der Waals surface area contributed by atoms with Gasteiger partial charge in [-0.15, -0.1) is 0 Å². The number of carboxylic acid groups (broad SMARTS) is 1. The molecule has 4 rings (SSSR count). The Morgan fingerprint density at radius 3 is 2.81 bits per heavy atom. The van der Waals surface area contributed by atoms with Crippen molar-refractivity contribution < 1.29 is 19.1 Å². The first-order valence-electron chi connectivity index (χ1n) is 8.62. The molecule has 0 bridgehead atoms. The summed E-state index contributed by atoms with van der Waals surface area (Å²) >= 11 is 0. The van der Waals surface area contributed by atoms with Gasteiger partial charge in [-0.25, -0.2) is 9.78 Å². The van der Waals surface area contributed by atoms with Crippen molar-refractivity contribution in [1.82, 2.24) is 20.1 Å². The number of aromatic amines is 1. The molecule has 1 amide bonds. The Bertz CT molecular complexity index is 1010. The number of carboxylic acids is 1. The number of fused-ring (bicyclic) bond motifs is 1. The Morgan fingerprint density at radius 1 is 1.30 bits per heavy atom. The van der Waals surface area contributed by atoms with Gasteiger partial charge in [-0.05, 0) is 25.5 Å². The standard InChI is InChI=1S/C19H18N4O4/c1-11-14(20-18(27-11)12-5-3-2-4-6-12)9-16(24)23-8-7-13-15(10-23)21-22-17(13)19(25)26/h2-6H,7-10H2,1H3,(H,21,22)(H,25,26). The van der Waals surface area contributed by atoms with Crippen molar-refractivity contribution in [2.45, 2.75) is 26.3 Å². The second-order valence-electron chi connectivity index (χ2n) is 6.46. The monoisotopic (exact) mass is 366 g/mol. The molecule has 0 fully saturated rings. The summed E-state index contributed by atoms with van der Waals surface area (Å²) in [6, 6.07) is 9.53. The van der Waals surface area contributed by atoms with Gasteiger partial charge in [0.15, 0.2) is 5.69 Å². The van der Waals surface area contributed by atoms with E-state index in [9.17, 15) is 9.59 Å². The van der Waals surface area contributed by atoms with Crippen molar-refractivity contribution in [1.29, 1.82) is 0 Å². The quantitative estimate of drug-likeness (QED) is 0.732. The van der Waals surface area contributed by atoms with Gasteiger partial charge in [0.05, 0.1) is 24.4 Å². The highest BCUT2D eigenvalue weighted by Gasteiger charge is 2.28. The molecule has 27 heavy (non-hydrogen) atoms. The molecule has 3 heterocycles. The van der Waals surface area contributed by atoms with Crippen molar-refractivity contribution in [3.05, 3.63) is 58.7 Å². The molecule has 1 aliphatic heterocycles. The molecule has 8 heteroatoms. The topological polar surface area (TPSA) is 112 Å². The van der Waals surface area contributed by atoms with Crippen LogP contribution in [-0.2, 0) is 24.2 Å². The van der Waals surface area contributed by atoms with E-state index in [1.807, 2.05) is 30.3 Å². The summed E-state index contributed by atoms with van der Waals surface area (Å²) in [5, 5.41) is 15.7. The van der Waals surface area contributed by atoms with Crippen LogP contribution in [0.15, 0.2) is 34.7 Å². The van der Waals surface area contributed by atoms with E-state index in [0.29, 0.717) is 48.1 Å². The van der Waals surface area contributed by atoms with E-state index in [0.717, 1.165) is 5.56 Å². The number of oxazole rings is 1. The molecular formula is C19H18N4O4. The fourth-order valence-electron chi connectivity index (χ4n) is 3.26. The number of rotatable bonds is 4. The highest BCUT2D eigenvalue weighted by Crippen LogP contribution is 2.24. The first-order valence-corrected chi connectivity index (χ1v) is 8.62. The normalized spacial score (nSPS) is 13.4. The predicted octanol–water partition coefficient (Wildman–Crippen LogP) is 2.20. The van der Waals surface area contributed by atoms with Gasteiger partial charge in [0, 0.05) is 17.7 Å². The van der Waals surface area contributed by atoms with Crippen LogP contribution < -0.4 is 0 Å². The van der Waals surface area contributed by atoms with Crippen LogP contribution in [0.2, 0.25) is 0 Å². The van der Waals surface area contributed by atoms with Gasteiger partial charge >= 0.3 is 5.97 Å². The third kappa shape index (κ3) is 3.21. The van der Waals surface area contributed by atoms with Crippen molar-refractivity contribution in [2.24, 2.45) is 0 Å². The number of amides is 1. The molecule has 0 atom stereocenters. The van der Waals surface area contributed by atoms with Crippen LogP contribution in [-0.4, -0.2) is 43.6 Å². The maximum atomic E-state index is 12.7. The zero-order chi connectivity index (χ0) is 19.0. The van der Waals surface area contributed by atoms with Gasteiger partial charge in [0.1, 0.15) is 5.76 Å². The van der Waals surface area contributed by atoms with E-state index in [4.69, 9.17) is 9.52 Å². The van der Waals surface area contributed by atoms with Crippen LogP contribution in [0.4, 0.5) is 0 Å². The number of carbonyl (C=O) groups is 2. The summed E-state index contributed by atoms with van der Waals surface area (Å²) in [6.07, 6.45) is 0.601. The molecule has 0 spiro atoms. The highest BCUT2D eigenvalue weighted by molar-refractivity contribution is 5.87. The summed E-state index contributed by atoms with van der Waals surface area (Å²) < 4.78 is 5.71. The van der Waals surface area contributed by atoms with Crippen LogP contribution in [0.1, 0.15) is 33.2 Å². The molecule has 2 aromatic heterocycles. The number of hydrogen-bond donors (Lipinski definition) is 2. The smallest absolute Gasteiger partial charge is 0.356 e. The molecular weight excluding hydrogens is 348 g/mol. The zero-order valence-electron chi connectivity index (χ0n) is 14.7. The molecule has 2 N–H and O–H groups in total. The van der Waals surface area contributed by atoms with Crippen LogP contribution >= 0.6 is 0 Å². The number of nitrogens with one attached hydrogen (secondary N) is 1. The maximum Gasteiger partial charge on any atom is 0.356 e. The van der Waals surface area contributed by atoms with Gasteiger partial charge < -0.3 is 14.4 Å². The fourth-order valence-corrected chi connectivity index (χ4v) is 3.26. The molecule has 0 aliphatic carbocycles. The Kier molecular flexibility index (Phi) is 4.23. The highest BCUT2D eigenvalue weighted by atomic mass is 16.4. The third-order valence-electron chi connectivity index (χ3n) is 4.72. The van der Waals surface area contributed by atoms with Gasteiger partial charge in [-0.2, -0.15) is 5.10 Å². The Morgan fingerprint density at radius 2 is 2.07 bits per heavy atom. The molecule has 8 nitrogen and oxygen atoms in total. The molecule has 3 aromatic rings. The number of aromatic carboxylic acids is 1. The molecule has 0 saturated carbocycles. The first-order chi connectivity index (χ1) is 13.0. The van der Waals surface area contributed by atoms with Gasteiger partial charge in [-0.1, -0.05) is 18.2 Å². The lowest BCUT2D eigenvalue weighted by Crippen LogP contribution is -2.37. The molecule has 0 radical (unpaired) electrons. The average molecular weight is 366 g/mol. The van der Waals surface area contributed by atoms with E-state index in [-0.39, 0.29) is 18.0 Å². The van der Waals surface area contributed by atoms with Gasteiger partial charge in [0.25, 0.3) is 0 Å². The number of benzene rings is 1. The van der Waals surface area contributed by atoms with Crippen LogP contribution in [0.3, 0.4) is 0 Å². The predicted molar refractivity (Wildman–Crippen MR) is 95.0 cm³/mol. The summed E-state index contributed by atoms with van der Waals surface area (Å²) in [4.78, 5) is 30.0. The molecule has 1 aliphatic rings. The molecule has 138 valence electrons. The maximum absolute atomic E-state index is 12.7. The Labute approximate surface area is 154 Å². The van der Waals surface area contributed by atoms with Crippen molar-refractivity contribution >= 4 is 11.9 Å². The summed E-state index contributed by atoms with van der Waals surface area (Å²) in [5.41, 5.74) is 2.86. The zero-order valence-corrected chi connectivity index (χ0v) is 14.7. The van der Waals surface area contributed by atoms with Gasteiger partial charge in [0.2, 0.25) is 11.8 Å². The summed E-state index contributed by atoms with van der Waals surface area (Å²) in [7, 11) is 0. The fraction of sp³-hybridized carbons (Fsp3) is 0.263. The second-order valence-corrected chi connectivity index (χ2v) is 6.46. The second kappa shape index (κ2) is 6.71. The van der Waals surface area contributed by atoms with E-state index < -0.39 is 5.97 Å². The van der Waals surface area contributed by atoms with E-state index in [2.05, 4.69) is 15.2 Å². The van der Waals surface area contributed by atoms with Gasteiger partial charge in [-0.3, -0.25) is 9.89 Å². The molecule has 1 aromatic carbocycles. The van der Waals surface area contributed by atoms with E-state index in [1.165, 1.54) is 0 Å². The third-order valence-corrected chi connectivity index (χ3v) is 4.72. The number of hydrogen-bond acceptors (Lipinski definition) is 5. The largest absolute Gasteiger partial charge is 0.476 e. The lowest BCUT2D eigenvalue weighted by molar-refractivity contribution is -0.131. The molecule has 0 saturated heterocycles. The van der Waals surface area contributed by atoms with Crippen LogP contribution in [0, 0.1) is 6.92 Å². The Balaban J connectivity index is 1.48. The number of H-pyrrole nitrogens is 1. The van der Waals surface area contributed by atoms with Crippen molar-refractivity contribution in [3.8, 4) is 11.5 Å². The Hall–Kier alpha value is -3.42. The number of aryl methyl sites for hydroxylation is 1. The average Bonchev–Trinajstić information content (AvgIpc) is 3.26. The minimum atomic E-state index is -1.06. The summed E-state index contributed by atoms with van der Waals surface area (Å²) in [5.74, 6) is -0.0202. The van der Waals surface area contributed by atoms with Crippen molar-refractivity contribution in [2.75, 3.05) is 6.54 Å². The SMILES string of the molecule is Cc1oc(-c2ccccc2)nc1CC(=O)N1CCc2c(C(=O)O)n[nH]c2C1. The minimum Gasteiger partial charge on any atom is -0.476 e. The molecule has 0 unspecified atom stereocenters. The number of aromatic nitrogens is 3. The van der Waals surface area contributed by atoms with Crippen LogP contribution in [0.25, 0.3) is 11.5 Å². The number of nitrogens with zero attached hydrogens (tertiary/aromatic N) is 3. The first kappa shape index (κ1) is 17.0. The van der Waals surface area contributed by atoms with E-state index in [1.54, 1.807) is 11.8 Å². The lowest BCUT2D eigenvalue weighted by atomic mass is 10.0.